The molecule has 1 saturated heterocycles. The van der Waals surface area contributed by atoms with E-state index in [1.165, 1.54) is 25.3 Å². The number of benzene rings is 1. The minimum atomic E-state index is -3.90. The van der Waals surface area contributed by atoms with Crippen LogP contribution in [0.5, 0.6) is 5.88 Å². The lowest BCUT2D eigenvalue weighted by molar-refractivity contribution is 0.00578. The molecule has 0 unspecified atom stereocenters. The third-order valence-corrected chi connectivity index (χ3v) is 6.81. The second-order valence-corrected chi connectivity index (χ2v) is 9.48. The molecule has 0 spiro atoms. The summed E-state index contributed by atoms with van der Waals surface area (Å²) < 4.78 is 45.0. The first-order chi connectivity index (χ1) is 13.0. The maximum absolute atomic E-state index is 12.6. The molecule has 1 N–H and O–H groups in total. The van der Waals surface area contributed by atoms with Gasteiger partial charge < -0.3 is 14.0 Å². The van der Waals surface area contributed by atoms with Gasteiger partial charge in [0, 0.05) is 5.46 Å². The van der Waals surface area contributed by atoms with Gasteiger partial charge in [-0.3, -0.25) is 4.72 Å². The van der Waals surface area contributed by atoms with E-state index in [1.807, 2.05) is 27.7 Å². The van der Waals surface area contributed by atoms with Crippen molar-refractivity contribution in [2.24, 2.45) is 0 Å². The minimum Gasteiger partial charge on any atom is -0.481 e. The van der Waals surface area contributed by atoms with Crippen molar-refractivity contribution in [1.29, 1.82) is 0 Å². The summed E-state index contributed by atoms with van der Waals surface area (Å²) in [6, 6.07) is 9.36. The van der Waals surface area contributed by atoms with Gasteiger partial charge >= 0.3 is 7.12 Å². The highest BCUT2D eigenvalue weighted by Crippen LogP contribution is 2.37. The average Bonchev–Trinajstić information content (AvgIpc) is 2.82. The molecule has 0 aliphatic carbocycles. The molecule has 3 rings (SSSR count). The fourth-order valence-electron chi connectivity index (χ4n) is 2.68. The molecule has 150 valence electrons. The van der Waals surface area contributed by atoms with Crippen LogP contribution in [0.3, 0.4) is 0 Å². The van der Waals surface area contributed by atoms with Crippen LogP contribution in [0.4, 0.5) is 5.82 Å². The number of hydrogen-bond acceptors (Lipinski definition) is 6. The summed E-state index contributed by atoms with van der Waals surface area (Å²) in [6.07, 6.45) is 0. The Bertz CT molecular complexity index is 981. The standard InChI is InChI=1S/C18H22BClN2O5S/c1-17(2)18(3,4)27-19(26-17)12-10-11-15(21-16(12)25-5)22-28(23,24)14-9-7-6-8-13(14)20/h6-11H,1-5H3,(H,21,22). The van der Waals surface area contributed by atoms with Crippen LogP contribution in [0.2, 0.25) is 5.02 Å². The molecule has 1 aromatic carbocycles. The normalized spacial score (nSPS) is 18.1. The lowest BCUT2D eigenvalue weighted by Crippen LogP contribution is -2.41. The quantitative estimate of drug-likeness (QED) is 0.743. The molecule has 2 aromatic rings. The first-order valence-electron chi connectivity index (χ1n) is 8.65. The Kier molecular flexibility index (Phi) is 5.39. The molecular weight excluding hydrogens is 403 g/mol. The fourth-order valence-corrected chi connectivity index (χ4v) is 4.20. The van der Waals surface area contributed by atoms with Crippen molar-refractivity contribution in [3.05, 3.63) is 41.4 Å². The van der Waals surface area contributed by atoms with Crippen molar-refractivity contribution in [2.45, 2.75) is 43.8 Å². The lowest BCUT2D eigenvalue weighted by Gasteiger charge is -2.32. The van der Waals surface area contributed by atoms with Gasteiger partial charge in [-0.05, 0) is 45.9 Å². The monoisotopic (exact) mass is 424 g/mol. The first-order valence-corrected chi connectivity index (χ1v) is 10.5. The van der Waals surface area contributed by atoms with Gasteiger partial charge in [-0.2, -0.15) is 4.98 Å². The molecule has 1 aliphatic heterocycles. The molecule has 1 aliphatic rings. The van der Waals surface area contributed by atoms with Crippen LogP contribution >= 0.6 is 11.6 Å². The number of aromatic nitrogens is 1. The predicted molar refractivity (Wildman–Crippen MR) is 109 cm³/mol. The van der Waals surface area contributed by atoms with Crippen LogP contribution in [0, 0.1) is 0 Å². The van der Waals surface area contributed by atoms with Crippen LogP contribution in [-0.2, 0) is 19.3 Å². The van der Waals surface area contributed by atoms with Crippen LogP contribution in [0.15, 0.2) is 41.3 Å². The van der Waals surface area contributed by atoms with E-state index >= 15 is 0 Å². The number of nitrogens with one attached hydrogen (secondary N) is 1. The molecule has 0 amide bonds. The topological polar surface area (TPSA) is 86.8 Å². The van der Waals surface area contributed by atoms with E-state index in [0.29, 0.717) is 5.46 Å². The Morgan fingerprint density at radius 3 is 2.25 bits per heavy atom. The van der Waals surface area contributed by atoms with Crippen LogP contribution in [-0.4, -0.2) is 38.8 Å². The molecule has 0 atom stereocenters. The number of sulfonamides is 1. The van der Waals surface area contributed by atoms with Gasteiger partial charge in [-0.25, -0.2) is 8.42 Å². The second-order valence-electron chi connectivity index (χ2n) is 7.42. The number of anilines is 1. The summed E-state index contributed by atoms with van der Waals surface area (Å²) in [5.41, 5.74) is -0.471. The number of pyridine rings is 1. The van der Waals surface area contributed by atoms with Gasteiger partial charge in [0.2, 0.25) is 5.88 Å². The highest BCUT2D eigenvalue weighted by Gasteiger charge is 2.52. The van der Waals surface area contributed by atoms with Crippen LogP contribution < -0.4 is 14.9 Å². The lowest BCUT2D eigenvalue weighted by atomic mass is 9.79. The molecule has 2 heterocycles. The van der Waals surface area contributed by atoms with Crippen molar-refractivity contribution in [1.82, 2.24) is 4.98 Å². The zero-order valence-corrected chi connectivity index (χ0v) is 17.9. The number of rotatable bonds is 5. The summed E-state index contributed by atoms with van der Waals surface area (Å²) in [5.74, 6) is 0.301. The zero-order chi connectivity index (χ0) is 20.7. The molecule has 1 aromatic heterocycles. The van der Waals surface area contributed by atoms with Crippen molar-refractivity contribution in [3.8, 4) is 5.88 Å². The van der Waals surface area contributed by atoms with E-state index in [0.717, 1.165) is 0 Å². The predicted octanol–water partition coefficient (Wildman–Crippen LogP) is 2.84. The molecule has 0 bridgehead atoms. The minimum absolute atomic E-state index is 0.0348. The Balaban J connectivity index is 1.90. The van der Waals surface area contributed by atoms with Crippen LogP contribution in [0.1, 0.15) is 27.7 Å². The molecule has 28 heavy (non-hydrogen) atoms. The Hall–Kier alpha value is -1.81. The van der Waals surface area contributed by atoms with E-state index in [4.69, 9.17) is 25.6 Å². The van der Waals surface area contributed by atoms with E-state index in [1.54, 1.807) is 18.2 Å². The van der Waals surface area contributed by atoms with Crippen molar-refractivity contribution >= 4 is 40.0 Å². The molecule has 1 fully saturated rings. The van der Waals surface area contributed by atoms with Crippen LogP contribution in [0.25, 0.3) is 0 Å². The van der Waals surface area contributed by atoms with Gasteiger partial charge in [-0.15, -0.1) is 0 Å². The number of ether oxygens (including phenoxy) is 1. The molecule has 0 radical (unpaired) electrons. The van der Waals surface area contributed by atoms with E-state index in [-0.39, 0.29) is 21.6 Å². The first kappa shape index (κ1) is 20.9. The number of methoxy groups -OCH3 is 1. The van der Waals surface area contributed by atoms with Gasteiger partial charge in [0.25, 0.3) is 10.0 Å². The van der Waals surface area contributed by atoms with Gasteiger partial charge in [0.15, 0.2) is 0 Å². The Labute approximate surface area is 170 Å². The summed E-state index contributed by atoms with van der Waals surface area (Å²) in [4.78, 5) is 4.22. The molecular formula is C18H22BClN2O5S. The third kappa shape index (κ3) is 3.84. The highest BCUT2D eigenvalue weighted by molar-refractivity contribution is 7.92. The fraction of sp³-hybridized carbons (Fsp3) is 0.389. The van der Waals surface area contributed by atoms with Gasteiger partial charge in [0.1, 0.15) is 10.7 Å². The Morgan fingerprint density at radius 1 is 1.07 bits per heavy atom. The Morgan fingerprint density at radius 2 is 1.68 bits per heavy atom. The molecule has 0 saturated carbocycles. The zero-order valence-electron chi connectivity index (χ0n) is 16.3. The summed E-state index contributed by atoms with van der Waals surface area (Å²) in [7, 11) is -3.13. The van der Waals surface area contributed by atoms with E-state index < -0.39 is 28.3 Å². The smallest absolute Gasteiger partial charge is 0.481 e. The van der Waals surface area contributed by atoms with E-state index in [2.05, 4.69) is 9.71 Å². The summed E-state index contributed by atoms with van der Waals surface area (Å²) in [6.45, 7) is 7.77. The van der Waals surface area contributed by atoms with Crippen molar-refractivity contribution < 1.29 is 22.5 Å². The van der Waals surface area contributed by atoms with Gasteiger partial charge in [0.05, 0.1) is 23.3 Å². The third-order valence-electron chi connectivity index (χ3n) is 4.96. The average molecular weight is 425 g/mol. The largest absolute Gasteiger partial charge is 0.500 e. The summed E-state index contributed by atoms with van der Waals surface area (Å²) >= 11 is 6.00. The van der Waals surface area contributed by atoms with Crippen molar-refractivity contribution in [2.75, 3.05) is 11.8 Å². The van der Waals surface area contributed by atoms with Gasteiger partial charge in [-0.1, -0.05) is 29.8 Å². The number of nitrogens with zero attached hydrogens (tertiary/aromatic N) is 1. The maximum atomic E-state index is 12.6. The SMILES string of the molecule is COc1nc(NS(=O)(=O)c2ccccc2Cl)ccc1B1OC(C)(C)C(C)(C)O1. The highest BCUT2D eigenvalue weighted by atomic mass is 35.5. The number of halogens is 1. The molecule has 10 heteroatoms. The second kappa shape index (κ2) is 7.22. The van der Waals surface area contributed by atoms with E-state index in [9.17, 15) is 8.42 Å². The van der Waals surface area contributed by atoms with Crippen molar-refractivity contribution in [3.63, 3.8) is 0 Å². The number of hydrogen-bond donors (Lipinski definition) is 1. The molecule has 7 nitrogen and oxygen atoms in total. The maximum Gasteiger partial charge on any atom is 0.500 e. The summed E-state index contributed by atoms with van der Waals surface area (Å²) in [5, 5.41) is 0.121.